The molecule has 0 fully saturated rings. The Kier molecular flexibility index (Phi) is 4.57. The number of benzene rings is 2. The number of rotatable bonds is 4. The molecule has 0 aliphatic heterocycles. The van der Waals surface area contributed by atoms with Gasteiger partial charge in [-0.2, -0.15) is 18.3 Å². The topological polar surface area (TPSA) is 30.7 Å². The normalized spacial score (nSPS) is 12.2. The molecule has 2 aromatic carbocycles. The Bertz CT molecular complexity index is 1150. The molecule has 0 spiro atoms. The van der Waals surface area contributed by atoms with Crippen molar-refractivity contribution in [2.24, 2.45) is 0 Å². The molecule has 0 bridgehead atoms. The first-order chi connectivity index (χ1) is 13.4. The fraction of sp³-hybridized carbons (Fsp3) is 0.273. The van der Waals surface area contributed by atoms with Gasteiger partial charge >= 0.3 is 6.18 Å². The van der Waals surface area contributed by atoms with E-state index in [9.17, 15) is 13.2 Å². The molecule has 0 unspecified atom stereocenters. The van der Waals surface area contributed by atoms with Crippen molar-refractivity contribution in [3.05, 3.63) is 59.8 Å². The number of halogens is 3. The van der Waals surface area contributed by atoms with E-state index in [1.807, 2.05) is 49.4 Å². The number of hydrogen-bond donors (Lipinski definition) is 0. The Labute approximate surface area is 160 Å². The molecule has 28 heavy (non-hydrogen) atoms. The van der Waals surface area contributed by atoms with E-state index < -0.39 is 11.7 Å². The minimum absolute atomic E-state index is 0.0904. The Morgan fingerprint density at radius 2 is 1.79 bits per heavy atom. The van der Waals surface area contributed by atoms with Crippen LogP contribution in [0, 0.1) is 6.92 Å². The van der Waals surface area contributed by atoms with Crippen LogP contribution in [-0.2, 0) is 12.7 Å². The van der Waals surface area contributed by atoms with E-state index in [-0.39, 0.29) is 5.39 Å². The highest BCUT2D eigenvalue weighted by Crippen LogP contribution is 2.39. The Morgan fingerprint density at radius 3 is 2.54 bits per heavy atom. The van der Waals surface area contributed by atoms with Gasteiger partial charge in [0.25, 0.3) is 0 Å². The van der Waals surface area contributed by atoms with Crippen molar-refractivity contribution < 1.29 is 13.2 Å². The molecule has 0 amide bonds. The zero-order chi connectivity index (χ0) is 19.9. The van der Waals surface area contributed by atoms with Crippen molar-refractivity contribution in [1.82, 2.24) is 14.8 Å². The zero-order valence-electron chi connectivity index (χ0n) is 15.7. The van der Waals surface area contributed by atoms with Gasteiger partial charge in [-0.15, -0.1) is 0 Å². The van der Waals surface area contributed by atoms with Gasteiger partial charge in [-0.3, -0.25) is 0 Å². The molecule has 6 heteroatoms. The summed E-state index contributed by atoms with van der Waals surface area (Å²) < 4.78 is 43.3. The molecule has 2 aromatic heterocycles. The van der Waals surface area contributed by atoms with Crippen molar-refractivity contribution in [3.63, 3.8) is 0 Å². The predicted molar refractivity (Wildman–Crippen MR) is 105 cm³/mol. The van der Waals surface area contributed by atoms with E-state index in [0.29, 0.717) is 29.1 Å². The lowest BCUT2D eigenvalue weighted by Gasteiger charge is -2.13. The van der Waals surface area contributed by atoms with Gasteiger partial charge in [-0.25, -0.2) is 9.67 Å². The summed E-state index contributed by atoms with van der Waals surface area (Å²) in [6.45, 7) is 4.19. The summed E-state index contributed by atoms with van der Waals surface area (Å²) in [6, 6.07) is 14.4. The minimum atomic E-state index is -4.48. The smallest absolute Gasteiger partial charge is 0.247 e. The molecule has 2 heterocycles. The number of fused-ring (bicyclic) bond motifs is 2. The van der Waals surface area contributed by atoms with Gasteiger partial charge in [-0.1, -0.05) is 55.8 Å². The third-order valence-corrected chi connectivity index (χ3v) is 4.97. The molecule has 0 saturated carbocycles. The Balaban J connectivity index is 2.04. The molecule has 0 atom stereocenters. The summed E-state index contributed by atoms with van der Waals surface area (Å²) in [5.41, 5.74) is 0.973. The maximum atomic E-state index is 13.9. The number of hydrogen-bond acceptors (Lipinski definition) is 2. The minimum Gasteiger partial charge on any atom is -0.247 e. The molecule has 4 rings (SSSR count). The first kappa shape index (κ1) is 18.5. The lowest BCUT2D eigenvalue weighted by molar-refractivity contribution is -0.136. The maximum absolute atomic E-state index is 13.9. The predicted octanol–water partition coefficient (Wildman–Crippen LogP) is 6.38. The van der Waals surface area contributed by atoms with Gasteiger partial charge in [0.15, 0.2) is 5.65 Å². The van der Waals surface area contributed by atoms with E-state index in [0.717, 1.165) is 29.7 Å². The molecule has 0 saturated heterocycles. The molecule has 0 radical (unpaired) electrons. The van der Waals surface area contributed by atoms with Crippen molar-refractivity contribution in [3.8, 4) is 11.3 Å². The first-order valence-electron chi connectivity index (χ1n) is 9.33. The van der Waals surface area contributed by atoms with Gasteiger partial charge in [-0.05, 0) is 30.2 Å². The van der Waals surface area contributed by atoms with Crippen LogP contribution in [0.2, 0.25) is 0 Å². The average molecular weight is 383 g/mol. The summed E-state index contributed by atoms with van der Waals surface area (Å²) in [5.74, 6) is 0. The molecular formula is C22H20F3N3. The zero-order valence-corrected chi connectivity index (χ0v) is 15.7. The molecule has 144 valence electrons. The largest absolute Gasteiger partial charge is 0.417 e. The first-order valence-corrected chi connectivity index (χ1v) is 9.33. The Hall–Kier alpha value is -2.89. The van der Waals surface area contributed by atoms with Crippen molar-refractivity contribution in [1.29, 1.82) is 0 Å². The highest BCUT2D eigenvalue weighted by atomic mass is 19.4. The Morgan fingerprint density at radius 1 is 1.04 bits per heavy atom. The fourth-order valence-electron chi connectivity index (χ4n) is 3.63. The van der Waals surface area contributed by atoms with Crippen molar-refractivity contribution in [2.45, 2.75) is 39.4 Å². The van der Waals surface area contributed by atoms with Gasteiger partial charge in [0.1, 0.15) is 0 Å². The number of aryl methyl sites for hydroxylation is 2. The van der Waals surface area contributed by atoms with Crippen LogP contribution in [0.4, 0.5) is 13.2 Å². The van der Waals surface area contributed by atoms with Crippen LogP contribution in [0.3, 0.4) is 0 Å². The standard InChI is InChI=1S/C22H20F3N3/c1-3-4-12-28-21-20(14(2)27-28)18(22(23,24)25)13-19(26-21)17-11-7-9-15-8-5-6-10-16(15)17/h5-11,13H,3-4,12H2,1-2H3. The van der Waals surface area contributed by atoms with Gasteiger partial charge in [0, 0.05) is 12.1 Å². The SMILES string of the molecule is CCCCn1nc(C)c2c(C(F)(F)F)cc(-c3cccc4ccccc34)nc21. The van der Waals surface area contributed by atoms with Gasteiger partial charge in [0.2, 0.25) is 0 Å². The third-order valence-electron chi connectivity index (χ3n) is 4.97. The van der Waals surface area contributed by atoms with Crippen LogP contribution in [0.15, 0.2) is 48.5 Å². The van der Waals surface area contributed by atoms with Gasteiger partial charge in [0.05, 0.1) is 22.3 Å². The summed E-state index contributed by atoms with van der Waals surface area (Å²) in [7, 11) is 0. The fourth-order valence-corrected chi connectivity index (χ4v) is 3.63. The number of alkyl halides is 3. The summed E-state index contributed by atoms with van der Waals surface area (Å²) in [4.78, 5) is 4.64. The van der Waals surface area contributed by atoms with Crippen LogP contribution < -0.4 is 0 Å². The van der Waals surface area contributed by atoms with Gasteiger partial charge < -0.3 is 0 Å². The lowest BCUT2D eigenvalue weighted by atomic mass is 9.99. The number of aromatic nitrogens is 3. The molecule has 3 nitrogen and oxygen atoms in total. The van der Waals surface area contributed by atoms with Crippen LogP contribution >= 0.6 is 0 Å². The number of nitrogens with zero attached hydrogens (tertiary/aromatic N) is 3. The van der Waals surface area contributed by atoms with Crippen LogP contribution in [0.25, 0.3) is 33.1 Å². The monoisotopic (exact) mass is 383 g/mol. The lowest BCUT2D eigenvalue weighted by Crippen LogP contribution is -2.08. The molecule has 0 N–H and O–H groups in total. The summed E-state index contributed by atoms with van der Waals surface area (Å²) in [5, 5.41) is 6.28. The average Bonchev–Trinajstić information content (AvgIpc) is 3.00. The van der Waals surface area contributed by atoms with E-state index in [1.165, 1.54) is 0 Å². The second-order valence-electron chi connectivity index (χ2n) is 6.94. The van der Waals surface area contributed by atoms with Crippen LogP contribution in [-0.4, -0.2) is 14.8 Å². The molecule has 0 aliphatic carbocycles. The number of unbranched alkanes of at least 4 members (excludes halogenated alkanes) is 1. The molecule has 4 aromatic rings. The highest BCUT2D eigenvalue weighted by Gasteiger charge is 2.35. The molecular weight excluding hydrogens is 363 g/mol. The third kappa shape index (κ3) is 3.13. The highest BCUT2D eigenvalue weighted by molar-refractivity contribution is 5.97. The number of pyridine rings is 1. The second kappa shape index (κ2) is 6.93. The maximum Gasteiger partial charge on any atom is 0.417 e. The second-order valence-corrected chi connectivity index (χ2v) is 6.94. The van der Waals surface area contributed by atoms with Crippen molar-refractivity contribution >= 4 is 21.8 Å². The van der Waals surface area contributed by atoms with Crippen LogP contribution in [0.5, 0.6) is 0 Å². The van der Waals surface area contributed by atoms with E-state index in [1.54, 1.807) is 11.6 Å². The van der Waals surface area contributed by atoms with Crippen LogP contribution in [0.1, 0.15) is 31.0 Å². The molecule has 0 aliphatic rings. The quantitative estimate of drug-likeness (QED) is 0.409. The summed E-state index contributed by atoms with van der Waals surface area (Å²) >= 11 is 0. The van der Waals surface area contributed by atoms with E-state index in [2.05, 4.69) is 10.1 Å². The van der Waals surface area contributed by atoms with E-state index in [4.69, 9.17) is 0 Å². The summed E-state index contributed by atoms with van der Waals surface area (Å²) in [6.07, 6.45) is -2.73. The van der Waals surface area contributed by atoms with Crippen molar-refractivity contribution in [2.75, 3.05) is 0 Å². The van der Waals surface area contributed by atoms with E-state index >= 15 is 0 Å².